The highest BCUT2D eigenvalue weighted by Crippen LogP contribution is 2.52. The van der Waals surface area contributed by atoms with Crippen LogP contribution < -0.4 is 9.05 Å². The van der Waals surface area contributed by atoms with Gasteiger partial charge in [0.2, 0.25) is 0 Å². The largest absolute Gasteiger partial charge is 0.426 e. The van der Waals surface area contributed by atoms with Crippen LogP contribution in [0.1, 0.15) is 19.3 Å². The molecule has 4 rings (SSSR count). The van der Waals surface area contributed by atoms with Gasteiger partial charge in [0.25, 0.3) is 0 Å². The van der Waals surface area contributed by atoms with E-state index < -0.39 is 8.53 Å². The molecular formula is C17H18NO2PS. The van der Waals surface area contributed by atoms with Crippen molar-refractivity contribution in [3.8, 4) is 11.5 Å². The van der Waals surface area contributed by atoms with Gasteiger partial charge < -0.3 is 9.05 Å². The third kappa shape index (κ3) is 2.96. The summed E-state index contributed by atoms with van der Waals surface area (Å²) in [6.07, 6.45) is 3.76. The summed E-state index contributed by atoms with van der Waals surface area (Å²) < 4.78 is 14.9. The van der Waals surface area contributed by atoms with E-state index in [2.05, 4.69) is 28.9 Å². The maximum atomic E-state index is 6.28. The van der Waals surface area contributed by atoms with Crippen molar-refractivity contribution in [2.24, 2.45) is 0 Å². The minimum absolute atomic E-state index is 0.929. The Hall–Kier alpha value is -1.22. The van der Waals surface area contributed by atoms with E-state index >= 15 is 0 Å². The Kier molecular flexibility index (Phi) is 4.24. The van der Waals surface area contributed by atoms with E-state index in [0.717, 1.165) is 34.4 Å². The third-order valence-electron chi connectivity index (χ3n) is 3.83. The number of fused-ring (bicyclic) bond motifs is 2. The summed E-state index contributed by atoms with van der Waals surface area (Å²) in [6, 6.07) is 16.5. The number of hydrogen-bond acceptors (Lipinski definition) is 4. The fourth-order valence-electron chi connectivity index (χ4n) is 2.68. The molecule has 114 valence electrons. The second-order valence-corrected chi connectivity index (χ2v) is 7.92. The first-order valence-electron chi connectivity index (χ1n) is 7.67. The highest BCUT2D eigenvalue weighted by atomic mass is 32.2. The quantitative estimate of drug-likeness (QED) is 0.659. The van der Waals surface area contributed by atoms with Crippen molar-refractivity contribution < 1.29 is 9.05 Å². The van der Waals surface area contributed by atoms with Crippen molar-refractivity contribution in [1.29, 1.82) is 0 Å². The van der Waals surface area contributed by atoms with Gasteiger partial charge in [0, 0.05) is 13.1 Å². The smallest absolute Gasteiger partial charge is 0.384 e. The van der Waals surface area contributed by atoms with Crippen LogP contribution in [-0.4, -0.2) is 17.8 Å². The first-order chi connectivity index (χ1) is 10.9. The van der Waals surface area contributed by atoms with Crippen molar-refractivity contribution in [2.75, 3.05) is 13.1 Å². The molecule has 0 aliphatic carbocycles. The highest BCUT2D eigenvalue weighted by molar-refractivity contribution is 7.99. The average molecular weight is 331 g/mol. The molecule has 0 spiro atoms. The molecule has 0 bridgehead atoms. The number of hydrogen-bond donors (Lipinski definition) is 0. The molecule has 2 aromatic carbocycles. The Morgan fingerprint density at radius 1 is 0.773 bits per heavy atom. The molecule has 0 unspecified atom stereocenters. The monoisotopic (exact) mass is 331 g/mol. The number of nitrogens with zero attached hydrogens (tertiary/aromatic N) is 1. The van der Waals surface area contributed by atoms with Crippen LogP contribution in [0, 0.1) is 0 Å². The normalized spacial score (nSPS) is 19.1. The van der Waals surface area contributed by atoms with Gasteiger partial charge in [-0.3, -0.25) is 0 Å². The molecule has 0 radical (unpaired) electrons. The van der Waals surface area contributed by atoms with E-state index in [-0.39, 0.29) is 0 Å². The maximum Gasteiger partial charge on any atom is 0.384 e. The van der Waals surface area contributed by atoms with Crippen molar-refractivity contribution in [2.45, 2.75) is 29.1 Å². The van der Waals surface area contributed by atoms with Crippen LogP contribution in [0.4, 0.5) is 0 Å². The Balaban J connectivity index is 1.72. The molecule has 0 atom stereocenters. The number of benzene rings is 2. The minimum Gasteiger partial charge on any atom is -0.426 e. The van der Waals surface area contributed by atoms with Gasteiger partial charge in [-0.25, -0.2) is 4.67 Å². The van der Waals surface area contributed by atoms with Crippen LogP contribution in [0.25, 0.3) is 0 Å². The average Bonchev–Trinajstić information content (AvgIpc) is 2.56. The SMILES string of the molecule is c1ccc2c(c1)OP(N1CCCCC1)Oc1ccccc1S2. The van der Waals surface area contributed by atoms with Gasteiger partial charge in [0.15, 0.2) is 0 Å². The molecule has 2 aliphatic heterocycles. The topological polar surface area (TPSA) is 21.7 Å². The Labute approximate surface area is 136 Å². The van der Waals surface area contributed by atoms with Gasteiger partial charge in [-0.15, -0.1) is 0 Å². The third-order valence-corrected chi connectivity index (χ3v) is 6.52. The molecule has 5 heteroatoms. The van der Waals surface area contributed by atoms with Crippen LogP contribution in [0.15, 0.2) is 58.3 Å². The number of piperidine rings is 1. The second kappa shape index (κ2) is 6.49. The zero-order valence-corrected chi connectivity index (χ0v) is 14.0. The van der Waals surface area contributed by atoms with E-state index in [4.69, 9.17) is 9.05 Å². The van der Waals surface area contributed by atoms with Crippen LogP contribution in [0.3, 0.4) is 0 Å². The van der Waals surface area contributed by atoms with E-state index in [1.54, 1.807) is 11.8 Å². The van der Waals surface area contributed by atoms with Gasteiger partial charge in [0.1, 0.15) is 11.5 Å². The molecule has 1 fully saturated rings. The van der Waals surface area contributed by atoms with E-state index in [0.29, 0.717) is 0 Å². The standard InChI is InChI=1S/C17H18NO2PS/c1-6-12-18(13-7-1)21-19-14-8-2-4-10-16(14)22-17-11-5-3-9-15(17)20-21/h2-5,8-11H,1,6-7,12-13H2. The first kappa shape index (κ1) is 14.4. The van der Waals surface area contributed by atoms with Gasteiger partial charge in [-0.05, 0) is 37.1 Å². The van der Waals surface area contributed by atoms with Crippen molar-refractivity contribution >= 4 is 20.3 Å². The lowest BCUT2D eigenvalue weighted by molar-refractivity contribution is 0.304. The summed E-state index contributed by atoms with van der Waals surface area (Å²) in [7, 11) is -1.09. The molecule has 0 N–H and O–H groups in total. The molecule has 2 heterocycles. The summed E-state index contributed by atoms with van der Waals surface area (Å²) in [4.78, 5) is 2.31. The molecule has 0 aromatic heterocycles. The summed E-state index contributed by atoms with van der Waals surface area (Å²) in [5.74, 6) is 1.86. The molecule has 22 heavy (non-hydrogen) atoms. The lowest BCUT2D eigenvalue weighted by Gasteiger charge is -2.33. The fraction of sp³-hybridized carbons (Fsp3) is 0.294. The molecule has 2 aromatic rings. The lowest BCUT2D eigenvalue weighted by Crippen LogP contribution is -2.28. The van der Waals surface area contributed by atoms with Gasteiger partial charge in [-0.2, -0.15) is 0 Å². The minimum atomic E-state index is -1.09. The van der Waals surface area contributed by atoms with Gasteiger partial charge >= 0.3 is 8.53 Å². The maximum absolute atomic E-state index is 6.28. The first-order valence-corrected chi connectivity index (χ1v) is 9.62. The van der Waals surface area contributed by atoms with Crippen LogP contribution in [0.5, 0.6) is 11.5 Å². The Bertz CT molecular complexity index is 613. The molecule has 3 nitrogen and oxygen atoms in total. The number of para-hydroxylation sites is 2. The zero-order chi connectivity index (χ0) is 14.8. The van der Waals surface area contributed by atoms with Gasteiger partial charge in [0.05, 0.1) is 9.79 Å². The summed E-state index contributed by atoms with van der Waals surface area (Å²) >= 11 is 1.71. The summed E-state index contributed by atoms with van der Waals surface area (Å²) in [5.41, 5.74) is 0. The highest BCUT2D eigenvalue weighted by Gasteiger charge is 2.30. The molecular weight excluding hydrogens is 313 g/mol. The second-order valence-electron chi connectivity index (χ2n) is 5.43. The van der Waals surface area contributed by atoms with E-state index in [1.165, 1.54) is 19.3 Å². The number of rotatable bonds is 1. The van der Waals surface area contributed by atoms with Crippen LogP contribution >= 0.6 is 20.3 Å². The summed E-state index contributed by atoms with van der Waals surface area (Å²) in [5, 5.41) is 0. The van der Waals surface area contributed by atoms with E-state index in [9.17, 15) is 0 Å². The molecule has 0 saturated carbocycles. The van der Waals surface area contributed by atoms with Crippen LogP contribution in [-0.2, 0) is 0 Å². The van der Waals surface area contributed by atoms with E-state index in [1.807, 2.05) is 24.3 Å². The van der Waals surface area contributed by atoms with Crippen molar-refractivity contribution in [3.05, 3.63) is 48.5 Å². The molecule has 2 aliphatic rings. The fourth-order valence-corrected chi connectivity index (χ4v) is 5.29. The lowest BCUT2D eigenvalue weighted by atomic mass is 10.2. The zero-order valence-electron chi connectivity index (χ0n) is 12.3. The van der Waals surface area contributed by atoms with Crippen LogP contribution in [0.2, 0.25) is 0 Å². The molecule has 0 amide bonds. The van der Waals surface area contributed by atoms with Crippen molar-refractivity contribution in [3.63, 3.8) is 0 Å². The molecule has 1 saturated heterocycles. The predicted molar refractivity (Wildman–Crippen MR) is 90.6 cm³/mol. The Morgan fingerprint density at radius 3 is 1.91 bits per heavy atom. The summed E-state index contributed by atoms with van der Waals surface area (Å²) in [6.45, 7) is 2.12. The van der Waals surface area contributed by atoms with Crippen molar-refractivity contribution in [1.82, 2.24) is 4.67 Å². The predicted octanol–water partition coefficient (Wildman–Crippen LogP) is 5.32. The van der Waals surface area contributed by atoms with Gasteiger partial charge in [-0.1, -0.05) is 42.4 Å². The Morgan fingerprint density at radius 2 is 1.32 bits per heavy atom.